The molecule has 2 N–H and O–H groups in total. The average molecular weight is 441 g/mol. The van der Waals surface area contributed by atoms with Gasteiger partial charge in [-0.25, -0.2) is 0 Å². The number of rotatable bonds is 11. The molecule has 0 aromatic heterocycles. The summed E-state index contributed by atoms with van der Waals surface area (Å²) in [7, 11) is 1.78. The average Bonchev–Trinajstić information content (AvgIpc) is 2.45. The zero-order valence-electron chi connectivity index (χ0n) is 15.3. The Hall–Kier alpha value is -0.0800. The van der Waals surface area contributed by atoms with Gasteiger partial charge in [0, 0.05) is 40.0 Å². The van der Waals surface area contributed by atoms with Gasteiger partial charge < -0.3 is 20.1 Å². The van der Waals surface area contributed by atoms with Crippen LogP contribution >= 0.6 is 24.0 Å². The van der Waals surface area contributed by atoms with Gasteiger partial charge in [0.1, 0.15) is 0 Å². The van der Waals surface area contributed by atoms with E-state index in [1.165, 1.54) is 19.3 Å². The number of methoxy groups -OCH3 is 1. The van der Waals surface area contributed by atoms with Crippen LogP contribution in [0.1, 0.15) is 52.9 Å². The first-order valence-corrected chi connectivity index (χ1v) is 8.74. The van der Waals surface area contributed by atoms with Gasteiger partial charge in [-0.2, -0.15) is 0 Å². The SMILES string of the molecule is CCNC(=NCC1(CCOC)CCC1)NCCCOC(C)C.I. The maximum atomic E-state index is 5.55. The van der Waals surface area contributed by atoms with Gasteiger partial charge in [-0.05, 0) is 51.9 Å². The highest BCUT2D eigenvalue weighted by molar-refractivity contribution is 14.0. The lowest BCUT2D eigenvalue weighted by Crippen LogP contribution is -2.40. The van der Waals surface area contributed by atoms with Crippen LogP contribution in [0.3, 0.4) is 0 Å². The molecule has 0 aliphatic heterocycles. The second-order valence-electron chi connectivity index (χ2n) is 6.49. The Morgan fingerprint density at radius 3 is 2.48 bits per heavy atom. The van der Waals surface area contributed by atoms with E-state index >= 15 is 0 Å². The van der Waals surface area contributed by atoms with E-state index in [1.807, 2.05) is 0 Å². The van der Waals surface area contributed by atoms with E-state index in [1.54, 1.807) is 7.11 Å². The molecular formula is C17H36IN3O2. The van der Waals surface area contributed by atoms with Gasteiger partial charge in [-0.1, -0.05) is 6.42 Å². The third-order valence-corrected chi connectivity index (χ3v) is 4.23. The van der Waals surface area contributed by atoms with Crippen LogP contribution in [0, 0.1) is 5.41 Å². The summed E-state index contributed by atoms with van der Waals surface area (Å²) < 4.78 is 10.8. The van der Waals surface area contributed by atoms with Crippen molar-refractivity contribution in [2.75, 3.05) is 40.0 Å². The lowest BCUT2D eigenvalue weighted by Gasteiger charge is -2.40. The van der Waals surface area contributed by atoms with Gasteiger partial charge in [0.25, 0.3) is 0 Å². The van der Waals surface area contributed by atoms with Crippen LogP contribution in [0.4, 0.5) is 0 Å². The Labute approximate surface area is 159 Å². The van der Waals surface area contributed by atoms with Crippen molar-refractivity contribution in [2.24, 2.45) is 10.4 Å². The maximum Gasteiger partial charge on any atom is 0.191 e. The summed E-state index contributed by atoms with van der Waals surface area (Å²) in [5.74, 6) is 0.927. The fourth-order valence-corrected chi connectivity index (χ4v) is 2.67. The molecule has 0 unspecified atom stereocenters. The van der Waals surface area contributed by atoms with Crippen molar-refractivity contribution in [3.63, 3.8) is 0 Å². The monoisotopic (exact) mass is 441 g/mol. The number of aliphatic imine (C=N–C) groups is 1. The Morgan fingerprint density at radius 2 is 1.96 bits per heavy atom. The van der Waals surface area contributed by atoms with Crippen molar-refractivity contribution in [1.82, 2.24) is 10.6 Å². The lowest BCUT2D eigenvalue weighted by atomic mass is 9.67. The third kappa shape index (κ3) is 9.72. The minimum Gasteiger partial charge on any atom is -0.385 e. The first-order valence-electron chi connectivity index (χ1n) is 8.74. The molecule has 1 saturated carbocycles. The van der Waals surface area contributed by atoms with Crippen LogP contribution in [-0.2, 0) is 9.47 Å². The molecule has 1 fully saturated rings. The molecule has 0 aromatic carbocycles. The third-order valence-electron chi connectivity index (χ3n) is 4.23. The Kier molecular flexibility index (Phi) is 13.2. The summed E-state index contributed by atoms with van der Waals surface area (Å²) in [5, 5.41) is 6.72. The first kappa shape index (κ1) is 22.9. The van der Waals surface area contributed by atoms with Crippen LogP contribution in [0.25, 0.3) is 0 Å². The van der Waals surface area contributed by atoms with Gasteiger partial charge in [0.05, 0.1) is 6.10 Å². The van der Waals surface area contributed by atoms with Crippen molar-refractivity contribution in [3.05, 3.63) is 0 Å². The molecule has 5 nitrogen and oxygen atoms in total. The summed E-state index contributed by atoms with van der Waals surface area (Å²) >= 11 is 0. The summed E-state index contributed by atoms with van der Waals surface area (Å²) in [5.41, 5.74) is 0.374. The molecule has 23 heavy (non-hydrogen) atoms. The predicted octanol–water partition coefficient (Wildman–Crippen LogP) is 3.18. The van der Waals surface area contributed by atoms with Crippen LogP contribution in [0.2, 0.25) is 0 Å². The van der Waals surface area contributed by atoms with E-state index in [4.69, 9.17) is 14.5 Å². The number of halogens is 1. The van der Waals surface area contributed by atoms with Crippen molar-refractivity contribution >= 4 is 29.9 Å². The molecule has 0 amide bonds. The molecular weight excluding hydrogens is 405 g/mol. The highest BCUT2D eigenvalue weighted by Gasteiger charge is 2.36. The number of nitrogens with one attached hydrogen (secondary N) is 2. The molecule has 1 aliphatic carbocycles. The van der Waals surface area contributed by atoms with Crippen molar-refractivity contribution in [2.45, 2.75) is 59.0 Å². The predicted molar refractivity (Wildman–Crippen MR) is 108 cm³/mol. The van der Waals surface area contributed by atoms with E-state index < -0.39 is 0 Å². The van der Waals surface area contributed by atoms with Crippen LogP contribution in [0.15, 0.2) is 4.99 Å². The number of ether oxygens (including phenoxy) is 2. The Bertz CT molecular complexity index is 321. The molecule has 0 saturated heterocycles. The molecule has 6 heteroatoms. The second kappa shape index (κ2) is 13.2. The van der Waals surface area contributed by atoms with Gasteiger partial charge in [0.15, 0.2) is 5.96 Å². The van der Waals surface area contributed by atoms with Crippen molar-refractivity contribution in [1.29, 1.82) is 0 Å². The zero-order chi connectivity index (χ0) is 16.3. The zero-order valence-corrected chi connectivity index (χ0v) is 17.7. The molecule has 138 valence electrons. The number of hydrogen-bond acceptors (Lipinski definition) is 3. The minimum absolute atomic E-state index is 0. The molecule has 0 spiro atoms. The standard InChI is InChI=1S/C17H35N3O2.HI/c1-5-18-16(19-11-7-12-22-15(2)3)20-14-17(8-6-9-17)10-13-21-4;/h15H,5-14H2,1-4H3,(H2,18,19,20);1H. The van der Waals surface area contributed by atoms with Gasteiger partial charge in [0.2, 0.25) is 0 Å². The smallest absolute Gasteiger partial charge is 0.191 e. The molecule has 0 aromatic rings. The maximum absolute atomic E-state index is 5.55. The van der Waals surface area contributed by atoms with Crippen LogP contribution in [-0.4, -0.2) is 52.0 Å². The van der Waals surface area contributed by atoms with E-state index in [-0.39, 0.29) is 24.0 Å². The molecule has 1 rings (SSSR count). The quantitative estimate of drug-likeness (QED) is 0.224. The Morgan fingerprint density at radius 1 is 1.22 bits per heavy atom. The molecule has 0 heterocycles. The van der Waals surface area contributed by atoms with E-state index in [0.717, 1.165) is 51.6 Å². The van der Waals surface area contributed by atoms with E-state index in [0.29, 0.717) is 11.5 Å². The lowest BCUT2D eigenvalue weighted by molar-refractivity contribution is 0.0768. The number of hydrogen-bond donors (Lipinski definition) is 2. The summed E-state index contributed by atoms with van der Waals surface area (Å²) in [6.07, 6.45) is 6.31. The first-order chi connectivity index (χ1) is 10.6. The molecule has 0 radical (unpaired) electrons. The fourth-order valence-electron chi connectivity index (χ4n) is 2.67. The van der Waals surface area contributed by atoms with E-state index in [2.05, 4.69) is 31.4 Å². The highest BCUT2D eigenvalue weighted by atomic mass is 127. The Balaban J connectivity index is 0.00000484. The normalized spacial score (nSPS) is 16.7. The molecule has 0 atom stereocenters. The summed E-state index contributed by atoms with van der Waals surface area (Å²) in [6, 6.07) is 0. The second-order valence-corrected chi connectivity index (χ2v) is 6.49. The summed E-state index contributed by atoms with van der Waals surface area (Å²) in [6.45, 7) is 10.5. The van der Waals surface area contributed by atoms with Gasteiger partial charge in [-0.3, -0.25) is 4.99 Å². The van der Waals surface area contributed by atoms with E-state index in [9.17, 15) is 0 Å². The number of guanidine groups is 1. The van der Waals surface area contributed by atoms with Gasteiger partial charge in [-0.15, -0.1) is 24.0 Å². The number of nitrogens with zero attached hydrogens (tertiary/aromatic N) is 1. The minimum atomic E-state index is 0. The van der Waals surface area contributed by atoms with Gasteiger partial charge >= 0.3 is 0 Å². The summed E-state index contributed by atoms with van der Waals surface area (Å²) in [4.78, 5) is 4.79. The molecule has 1 aliphatic rings. The highest BCUT2D eigenvalue weighted by Crippen LogP contribution is 2.44. The van der Waals surface area contributed by atoms with Crippen molar-refractivity contribution in [3.8, 4) is 0 Å². The fraction of sp³-hybridized carbons (Fsp3) is 0.941. The largest absolute Gasteiger partial charge is 0.385 e. The van der Waals surface area contributed by atoms with Crippen LogP contribution < -0.4 is 10.6 Å². The van der Waals surface area contributed by atoms with Crippen molar-refractivity contribution < 1.29 is 9.47 Å². The van der Waals surface area contributed by atoms with Crippen LogP contribution in [0.5, 0.6) is 0 Å². The topological polar surface area (TPSA) is 54.9 Å². The molecule has 0 bridgehead atoms.